The minimum atomic E-state index is -0.371. The molecule has 1 aliphatic heterocycles. The summed E-state index contributed by atoms with van der Waals surface area (Å²) in [6.07, 6.45) is 0. The van der Waals surface area contributed by atoms with Gasteiger partial charge in [-0.1, -0.05) is 0 Å². The van der Waals surface area contributed by atoms with Gasteiger partial charge in [0.15, 0.2) is 0 Å². The summed E-state index contributed by atoms with van der Waals surface area (Å²) in [5, 5.41) is 0. The van der Waals surface area contributed by atoms with Crippen LogP contribution < -0.4 is 5.73 Å². The summed E-state index contributed by atoms with van der Waals surface area (Å²) in [5.74, 6) is 0. The molecule has 1 heterocycles. The van der Waals surface area contributed by atoms with Crippen molar-refractivity contribution in [1.29, 1.82) is 0 Å². The number of nitrogens with two attached hydrogens (primary N) is 1. The van der Waals surface area contributed by atoms with E-state index in [4.69, 9.17) is 9.12 Å². The van der Waals surface area contributed by atoms with Crippen LogP contribution in [-0.2, 0) is 23.6 Å². The van der Waals surface area contributed by atoms with Gasteiger partial charge in [0.05, 0.1) is 0 Å². The van der Waals surface area contributed by atoms with Gasteiger partial charge >= 0.3 is 55.3 Å². The van der Waals surface area contributed by atoms with Crippen molar-refractivity contribution < 1.29 is 23.6 Å². The molecule has 2 nitrogen and oxygen atoms in total. The molecule has 6 heavy (non-hydrogen) atoms. The first kappa shape index (κ1) is 5.45. The maximum atomic E-state index is 5.35. The molecule has 0 atom stereocenters. The van der Waals surface area contributed by atoms with Crippen LogP contribution in [0.4, 0.5) is 0 Å². The standard InChI is InChI=1S/CH2NOS2.Mo/c2-1(3)4-5-1;/h2H2;/q-1;+1. The van der Waals surface area contributed by atoms with Crippen LogP contribution >= 0.6 is 21.6 Å². The van der Waals surface area contributed by atoms with E-state index in [9.17, 15) is 0 Å². The van der Waals surface area contributed by atoms with E-state index in [1.54, 1.807) is 41.8 Å². The first-order valence-electron chi connectivity index (χ1n) is 1.23. The van der Waals surface area contributed by atoms with Crippen molar-refractivity contribution in [3.05, 3.63) is 0 Å². The third kappa shape index (κ3) is 1.14. The fraction of sp³-hybridized carbons (Fsp3) is 1.00. The third-order valence-corrected chi connectivity index (χ3v) is 3.72. The van der Waals surface area contributed by atoms with E-state index in [1.165, 1.54) is 0 Å². The molecule has 0 aliphatic carbocycles. The van der Waals surface area contributed by atoms with Gasteiger partial charge in [-0.2, -0.15) is 0 Å². The summed E-state index contributed by atoms with van der Waals surface area (Å²) in [4.78, 5) is 0. The molecule has 0 amide bonds. The molecule has 0 bridgehead atoms. The maximum absolute atomic E-state index is 5.35. The molecule has 1 aliphatic rings. The summed E-state index contributed by atoms with van der Waals surface area (Å²) < 4.78 is 4.39. The normalized spacial score (nSPS) is 26.8. The summed E-state index contributed by atoms with van der Waals surface area (Å²) in [5.41, 5.74) is 5.35. The summed E-state index contributed by atoms with van der Waals surface area (Å²) in [6, 6.07) is 0. The second-order valence-corrected chi connectivity index (χ2v) is 4.07. The Morgan fingerprint density at radius 1 is 1.67 bits per heavy atom. The average molecular weight is 204 g/mol. The second kappa shape index (κ2) is 1.67. The molecule has 1 saturated heterocycles. The number of rotatable bonds is 1. The fourth-order valence-corrected chi connectivity index (χ4v) is 1.85. The van der Waals surface area contributed by atoms with Crippen LogP contribution in [0, 0.1) is 0 Å². The molecule has 1 rings (SSSR count). The molecular formula is CH2MoNOS2. The van der Waals surface area contributed by atoms with Crippen molar-refractivity contribution in [2.75, 3.05) is 0 Å². The topological polar surface area (TPSA) is 35.2 Å². The van der Waals surface area contributed by atoms with Crippen molar-refractivity contribution >= 4 is 21.6 Å². The van der Waals surface area contributed by atoms with Gasteiger partial charge in [-0.3, -0.25) is 0 Å². The first-order valence-corrected chi connectivity index (χ1v) is 4.20. The predicted octanol–water partition coefficient (Wildman–Crippen LogP) is 0.430. The monoisotopic (exact) mass is 206 g/mol. The van der Waals surface area contributed by atoms with E-state index in [-0.39, 0.29) is 4.39 Å². The zero-order valence-electron chi connectivity index (χ0n) is 2.71. The Bertz CT molecular complexity index is 64.6. The van der Waals surface area contributed by atoms with E-state index in [0.717, 1.165) is 0 Å². The molecule has 0 radical (unpaired) electrons. The van der Waals surface area contributed by atoms with Crippen LogP contribution in [0.15, 0.2) is 0 Å². The van der Waals surface area contributed by atoms with Crippen molar-refractivity contribution in [2.24, 2.45) is 5.73 Å². The molecule has 2 N–H and O–H groups in total. The molecule has 5 heteroatoms. The van der Waals surface area contributed by atoms with Crippen molar-refractivity contribution in [2.45, 2.75) is 4.39 Å². The molecule has 0 spiro atoms. The van der Waals surface area contributed by atoms with Gasteiger partial charge in [0.25, 0.3) is 0 Å². The fourth-order valence-electron chi connectivity index (χ4n) is 0.0688. The van der Waals surface area contributed by atoms with Gasteiger partial charge in [-0.05, 0) is 0 Å². The third-order valence-electron chi connectivity index (χ3n) is 0.364. The quantitative estimate of drug-likeness (QED) is 0.291. The van der Waals surface area contributed by atoms with E-state index >= 15 is 0 Å². The Labute approximate surface area is 55.3 Å². The minimum absolute atomic E-state index is 0.371. The van der Waals surface area contributed by atoms with Gasteiger partial charge in [0.1, 0.15) is 0 Å². The second-order valence-electron chi connectivity index (χ2n) is 0.854. The molecule has 0 aromatic carbocycles. The molecule has 1 fully saturated rings. The van der Waals surface area contributed by atoms with Gasteiger partial charge in [-0.15, -0.1) is 0 Å². The Balaban J connectivity index is 2.28. The zero-order chi connectivity index (χ0) is 4.62. The summed E-state index contributed by atoms with van der Waals surface area (Å²) >= 11 is 1.54. The zero-order valence-corrected chi connectivity index (χ0v) is 6.35. The van der Waals surface area contributed by atoms with Gasteiger partial charge in [-0.25, -0.2) is 0 Å². The Morgan fingerprint density at radius 2 is 2.17 bits per heavy atom. The SMILES string of the molecule is NC1([O][Mo])SS1. The van der Waals surface area contributed by atoms with Crippen molar-refractivity contribution in [3.63, 3.8) is 0 Å². The predicted molar refractivity (Wildman–Crippen MR) is 23.2 cm³/mol. The van der Waals surface area contributed by atoms with Crippen LogP contribution in [-0.4, -0.2) is 4.39 Å². The van der Waals surface area contributed by atoms with E-state index in [1.807, 2.05) is 0 Å². The Kier molecular flexibility index (Phi) is 1.52. The van der Waals surface area contributed by atoms with Gasteiger partial charge < -0.3 is 0 Å². The number of hydrogen-bond donors (Lipinski definition) is 1. The number of hydrogen-bond acceptors (Lipinski definition) is 4. The van der Waals surface area contributed by atoms with Crippen LogP contribution in [0.2, 0.25) is 0 Å². The van der Waals surface area contributed by atoms with Crippen molar-refractivity contribution in [3.8, 4) is 0 Å². The average Bonchev–Trinajstić information content (AvgIpc) is 2.22. The molecule has 0 aromatic rings. The van der Waals surface area contributed by atoms with Gasteiger partial charge in [0.2, 0.25) is 0 Å². The summed E-state index contributed by atoms with van der Waals surface area (Å²) in [7, 11) is 3.09. The van der Waals surface area contributed by atoms with Crippen LogP contribution in [0.1, 0.15) is 0 Å². The molecule has 0 saturated carbocycles. The van der Waals surface area contributed by atoms with Crippen molar-refractivity contribution in [1.82, 2.24) is 0 Å². The Hall–Kier alpha value is 1.31. The van der Waals surface area contributed by atoms with E-state index in [2.05, 4.69) is 0 Å². The van der Waals surface area contributed by atoms with E-state index < -0.39 is 0 Å². The summed E-state index contributed by atoms with van der Waals surface area (Å²) in [6.45, 7) is 0. The van der Waals surface area contributed by atoms with Crippen LogP contribution in [0.25, 0.3) is 0 Å². The molecule has 35 valence electrons. The molecule has 0 aromatic heterocycles. The van der Waals surface area contributed by atoms with E-state index in [0.29, 0.717) is 0 Å². The first-order chi connectivity index (χ1) is 2.77. The molecule has 0 unspecified atom stereocenters. The van der Waals surface area contributed by atoms with Crippen LogP contribution in [0.5, 0.6) is 0 Å². The molecular weight excluding hydrogens is 202 g/mol. The Morgan fingerprint density at radius 3 is 2.17 bits per heavy atom. The van der Waals surface area contributed by atoms with Crippen LogP contribution in [0.3, 0.4) is 0 Å². The van der Waals surface area contributed by atoms with Gasteiger partial charge in [0, 0.05) is 0 Å².